The Kier molecular flexibility index (Phi) is 1.81. The van der Waals surface area contributed by atoms with E-state index in [0.29, 0.717) is 5.75 Å². The second-order valence-corrected chi connectivity index (χ2v) is 2.07. The summed E-state index contributed by atoms with van der Waals surface area (Å²) in [6.07, 6.45) is 4.47. The Labute approximate surface area is 42.1 Å². The molecule has 0 atom stereocenters. The van der Waals surface area contributed by atoms with E-state index in [2.05, 4.69) is 6.42 Å². The zero-order chi connectivity index (χ0) is 5.91. The van der Waals surface area contributed by atoms with Crippen LogP contribution in [0.25, 0.3) is 0 Å². The molecule has 0 aromatic heterocycles. The van der Waals surface area contributed by atoms with Gasteiger partial charge in [-0.25, -0.2) is 0 Å². The van der Waals surface area contributed by atoms with Gasteiger partial charge in [-0.15, -0.1) is 6.42 Å². The van der Waals surface area contributed by atoms with Gasteiger partial charge in [-0.05, 0) is 0 Å². The molecular formula is C3H3O3S. The van der Waals surface area contributed by atoms with Gasteiger partial charge in [0, 0.05) is 0 Å². The lowest BCUT2D eigenvalue weighted by Gasteiger charge is -1.78. The molecule has 0 bridgehead atoms. The fraction of sp³-hybridized carbons (Fsp3) is 0. The van der Waals surface area contributed by atoms with Crippen molar-refractivity contribution in [3.63, 3.8) is 0 Å². The summed E-state index contributed by atoms with van der Waals surface area (Å²) in [4.78, 5) is 0. The summed E-state index contributed by atoms with van der Waals surface area (Å²) in [6.45, 7) is 0. The standard InChI is InChI=1S/C3H3O3S/c1-2-3-7(4,5)6/h1,3H,(H,4,5,6). The Bertz CT molecular complexity index is 171. The normalized spacial score (nSPS) is 10.3. The van der Waals surface area contributed by atoms with Crippen molar-refractivity contribution >= 4 is 10.1 Å². The van der Waals surface area contributed by atoms with Crippen LogP contribution in [0.1, 0.15) is 0 Å². The predicted molar refractivity (Wildman–Crippen MR) is 24.7 cm³/mol. The van der Waals surface area contributed by atoms with Gasteiger partial charge in [0.2, 0.25) is 0 Å². The molecule has 0 aliphatic heterocycles. The number of hydrogen-bond donors (Lipinski definition) is 1. The van der Waals surface area contributed by atoms with Crippen LogP contribution in [0.5, 0.6) is 0 Å². The van der Waals surface area contributed by atoms with Crippen LogP contribution in [0.15, 0.2) is 0 Å². The largest absolute Gasteiger partial charge is 0.285 e. The molecule has 0 heterocycles. The van der Waals surface area contributed by atoms with Gasteiger partial charge in [-0.2, -0.15) is 8.42 Å². The van der Waals surface area contributed by atoms with E-state index in [1.807, 2.05) is 0 Å². The molecule has 0 aromatic rings. The molecular weight excluding hydrogens is 116 g/mol. The van der Waals surface area contributed by atoms with Crippen molar-refractivity contribution in [2.24, 2.45) is 0 Å². The third-order valence-corrected chi connectivity index (χ3v) is 0.651. The Morgan fingerprint density at radius 2 is 2.14 bits per heavy atom. The molecule has 0 rings (SSSR count). The van der Waals surface area contributed by atoms with Crippen LogP contribution >= 0.6 is 0 Å². The van der Waals surface area contributed by atoms with Crippen molar-refractivity contribution < 1.29 is 13.0 Å². The maximum atomic E-state index is 9.59. The second kappa shape index (κ2) is 1.96. The molecule has 0 spiro atoms. The fourth-order valence-electron chi connectivity index (χ4n) is 0.0860. The van der Waals surface area contributed by atoms with Crippen LogP contribution < -0.4 is 0 Å². The molecule has 1 N–H and O–H groups in total. The number of terminal acetylenes is 1. The van der Waals surface area contributed by atoms with Crippen molar-refractivity contribution in [3.8, 4) is 12.3 Å². The van der Waals surface area contributed by atoms with E-state index in [9.17, 15) is 8.42 Å². The highest BCUT2D eigenvalue weighted by Crippen LogP contribution is 1.82. The molecule has 0 aliphatic carbocycles. The van der Waals surface area contributed by atoms with Gasteiger partial charge in [0.05, 0.1) is 0 Å². The minimum Gasteiger partial charge on any atom is -0.285 e. The summed E-state index contributed by atoms with van der Waals surface area (Å²) in [7, 11) is -4.04. The van der Waals surface area contributed by atoms with Gasteiger partial charge in [-0.1, -0.05) is 5.92 Å². The molecule has 0 amide bonds. The summed E-state index contributed by atoms with van der Waals surface area (Å²) >= 11 is 0. The lowest BCUT2D eigenvalue weighted by molar-refractivity contribution is 0.492. The minimum absolute atomic E-state index is 0.368. The quantitative estimate of drug-likeness (QED) is 0.380. The van der Waals surface area contributed by atoms with Gasteiger partial charge in [0.15, 0.2) is 5.75 Å². The van der Waals surface area contributed by atoms with Crippen LogP contribution in [0.2, 0.25) is 0 Å². The molecule has 4 heteroatoms. The highest BCUT2D eigenvalue weighted by Gasteiger charge is 1.98. The topological polar surface area (TPSA) is 54.4 Å². The fourth-order valence-corrected chi connectivity index (χ4v) is 0.258. The smallest absolute Gasteiger partial charge is 0.281 e. The summed E-state index contributed by atoms with van der Waals surface area (Å²) in [6, 6.07) is 0. The van der Waals surface area contributed by atoms with Crippen molar-refractivity contribution in [2.45, 2.75) is 0 Å². The Morgan fingerprint density at radius 1 is 1.71 bits per heavy atom. The van der Waals surface area contributed by atoms with E-state index in [4.69, 9.17) is 4.55 Å². The van der Waals surface area contributed by atoms with E-state index >= 15 is 0 Å². The average Bonchev–Trinajstić information content (AvgIpc) is 1.30. The van der Waals surface area contributed by atoms with E-state index in [-0.39, 0.29) is 0 Å². The highest BCUT2D eigenvalue weighted by atomic mass is 32.2. The maximum Gasteiger partial charge on any atom is 0.281 e. The molecule has 7 heavy (non-hydrogen) atoms. The molecule has 39 valence electrons. The van der Waals surface area contributed by atoms with E-state index in [1.54, 1.807) is 5.92 Å². The van der Waals surface area contributed by atoms with E-state index in [1.165, 1.54) is 0 Å². The molecule has 0 unspecified atom stereocenters. The highest BCUT2D eigenvalue weighted by molar-refractivity contribution is 7.88. The van der Waals surface area contributed by atoms with Gasteiger partial charge in [0.1, 0.15) is 0 Å². The monoisotopic (exact) mass is 119 g/mol. The van der Waals surface area contributed by atoms with Crippen LogP contribution in [-0.2, 0) is 10.1 Å². The molecule has 1 radical (unpaired) electrons. The zero-order valence-electron chi connectivity index (χ0n) is 3.33. The molecule has 0 aliphatic rings. The van der Waals surface area contributed by atoms with Crippen LogP contribution in [0, 0.1) is 18.1 Å². The van der Waals surface area contributed by atoms with Gasteiger partial charge in [0.25, 0.3) is 10.1 Å². The molecule has 0 aromatic carbocycles. The second-order valence-electron chi connectivity index (χ2n) is 0.799. The molecule has 3 nitrogen and oxygen atoms in total. The van der Waals surface area contributed by atoms with Crippen molar-refractivity contribution in [1.82, 2.24) is 0 Å². The Morgan fingerprint density at radius 3 is 2.14 bits per heavy atom. The van der Waals surface area contributed by atoms with Gasteiger partial charge < -0.3 is 0 Å². The summed E-state index contributed by atoms with van der Waals surface area (Å²) < 4.78 is 27.0. The van der Waals surface area contributed by atoms with Gasteiger partial charge in [-0.3, -0.25) is 4.55 Å². The first-order chi connectivity index (χ1) is 3.06. The Hall–Kier alpha value is -0.530. The molecule has 0 fully saturated rings. The SMILES string of the molecule is C#C[CH]S(=O)(=O)O. The van der Waals surface area contributed by atoms with Gasteiger partial charge >= 0.3 is 0 Å². The first kappa shape index (κ1) is 6.47. The average molecular weight is 119 g/mol. The summed E-state index contributed by atoms with van der Waals surface area (Å²) in [5, 5.41) is 0. The minimum atomic E-state index is -4.04. The van der Waals surface area contributed by atoms with Crippen molar-refractivity contribution in [2.75, 3.05) is 0 Å². The first-order valence-electron chi connectivity index (χ1n) is 1.33. The summed E-state index contributed by atoms with van der Waals surface area (Å²) in [5.74, 6) is 2.01. The van der Waals surface area contributed by atoms with E-state index in [0.717, 1.165) is 0 Å². The van der Waals surface area contributed by atoms with Crippen LogP contribution in [0.3, 0.4) is 0 Å². The number of hydrogen-bond acceptors (Lipinski definition) is 2. The number of rotatable bonds is 1. The van der Waals surface area contributed by atoms with Crippen molar-refractivity contribution in [1.29, 1.82) is 0 Å². The van der Waals surface area contributed by atoms with Crippen molar-refractivity contribution in [3.05, 3.63) is 5.75 Å². The molecule has 0 saturated carbocycles. The maximum absolute atomic E-state index is 9.59. The third kappa shape index (κ3) is 5.47. The third-order valence-electron chi connectivity index (χ3n) is 0.217. The van der Waals surface area contributed by atoms with E-state index < -0.39 is 10.1 Å². The van der Waals surface area contributed by atoms with Crippen LogP contribution in [-0.4, -0.2) is 13.0 Å². The summed E-state index contributed by atoms with van der Waals surface area (Å²) in [5.41, 5.74) is 0. The lowest BCUT2D eigenvalue weighted by atomic mass is 10.8. The lowest BCUT2D eigenvalue weighted by Crippen LogP contribution is -1.93. The van der Waals surface area contributed by atoms with Crippen LogP contribution in [0.4, 0.5) is 0 Å². The predicted octanol–water partition coefficient (Wildman–Crippen LogP) is -0.331. The Balaban J connectivity index is 3.92. The molecule has 0 saturated heterocycles. The zero-order valence-corrected chi connectivity index (χ0v) is 4.14. The first-order valence-corrected chi connectivity index (χ1v) is 2.83.